The van der Waals surface area contributed by atoms with Gasteiger partial charge in [-0.3, -0.25) is 4.79 Å². The maximum Gasteiger partial charge on any atom is 0.287 e. The molecule has 1 aromatic heterocycles. The Morgan fingerprint density at radius 3 is 2.67 bits per heavy atom. The summed E-state index contributed by atoms with van der Waals surface area (Å²) in [6.45, 7) is 2.08. The first-order valence-electron chi connectivity index (χ1n) is 6.97. The van der Waals surface area contributed by atoms with Crippen molar-refractivity contribution < 1.29 is 9.18 Å². The van der Waals surface area contributed by atoms with Crippen LogP contribution in [0.25, 0.3) is 0 Å². The highest BCUT2D eigenvalue weighted by molar-refractivity contribution is 6.02. The molecule has 2 N–H and O–H groups in total. The lowest BCUT2D eigenvalue weighted by Gasteiger charge is -2.07. The molecule has 2 aromatic rings. The maximum atomic E-state index is 13.0. The lowest BCUT2D eigenvalue weighted by atomic mass is 10.1. The van der Waals surface area contributed by atoms with E-state index in [1.54, 1.807) is 30.5 Å². The van der Waals surface area contributed by atoms with Crippen molar-refractivity contribution in [1.29, 1.82) is 0 Å². The summed E-state index contributed by atoms with van der Waals surface area (Å²) in [6.07, 6.45) is 4.38. The molecular weight excluding hydrogens is 269 g/mol. The Morgan fingerprint density at radius 2 is 2.05 bits per heavy atom. The summed E-state index contributed by atoms with van der Waals surface area (Å²) < 4.78 is 13.0. The highest BCUT2D eigenvalue weighted by Gasteiger charge is 2.07. The monoisotopic (exact) mass is 287 g/mol. The average molecular weight is 287 g/mol. The number of halogens is 1. The van der Waals surface area contributed by atoms with E-state index in [0.717, 1.165) is 30.5 Å². The van der Waals surface area contributed by atoms with Gasteiger partial charge in [-0.15, -0.1) is 0 Å². The minimum atomic E-state index is -0.295. The van der Waals surface area contributed by atoms with E-state index in [1.165, 1.54) is 12.1 Å². The molecule has 0 aliphatic heterocycles. The van der Waals surface area contributed by atoms with Crippen molar-refractivity contribution in [3.05, 3.63) is 59.7 Å². The van der Waals surface area contributed by atoms with Crippen molar-refractivity contribution in [2.45, 2.75) is 26.2 Å². The normalized spacial score (nSPS) is 11.4. The van der Waals surface area contributed by atoms with Crippen LogP contribution in [0.3, 0.4) is 0 Å². The van der Waals surface area contributed by atoms with Crippen LogP contribution in [0.1, 0.15) is 42.2 Å². The molecular formula is C16H18FN3O. The molecule has 0 fully saturated rings. The van der Waals surface area contributed by atoms with E-state index in [9.17, 15) is 9.18 Å². The van der Waals surface area contributed by atoms with Gasteiger partial charge in [-0.2, -0.15) is 5.10 Å². The zero-order valence-electron chi connectivity index (χ0n) is 11.9. The predicted molar refractivity (Wildman–Crippen MR) is 80.7 cm³/mol. The van der Waals surface area contributed by atoms with E-state index in [-0.39, 0.29) is 11.7 Å². The van der Waals surface area contributed by atoms with Crippen LogP contribution < -0.4 is 5.43 Å². The summed E-state index contributed by atoms with van der Waals surface area (Å²) >= 11 is 0. The fourth-order valence-corrected chi connectivity index (χ4v) is 1.90. The van der Waals surface area contributed by atoms with E-state index in [4.69, 9.17) is 0 Å². The quantitative estimate of drug-likeness (QED) is 0.620. The first kappa shape index (κ1) is 15.0. The number of hydrogen-bond acceptors (Lipinski definition) is 2. The zero-order valence-corrected chi connectivity index (χ0v) is 11.9. The first-order chi connectivity index (χ1) is 10.2. The second kappa shape index (κ2) is 7.38. The number of carbonyl (C=O) groups excluding carboxylic acids is 1. The first-order valence-corrected chi connectivity index (χ1v) is 6.97. The van der Waals surface area contributed by atoms with E-state index in [0.29, 0.717) is 5.69 Å². The number of aromatic amines is 1. The Kier molecular flexibility index (Phi) is 5.26. The summed E-state index contributed by atoms with van der Waals surface area (Å²) in [5, 5.41) is 4.19. The molecule has 5 heteroatoms. The Balaban J connectivity index is 2.13. The van der Waals surface area contributed by atoms with E-state index in [1.807, 2.05) is 0 Å². The number of hydrazone groups is 1. The lowest BCUT2D eigenvalue weighted by Crippen LogP contribution is -2.20. The Morgan fingerprint density at radius 1 is 1.29 bits per heavy atom. The van der Waals surface area contributed by atoms with Crippen molar-refractivity contribution in [2.75, 3.05) is 0 Å². The number of aromatic nitrogens is 1. The van der Waals surface area contributed by atoms with Crippen LogP contribution in [0.4, 0.5) is 4.39 Å². The lowest BCUT2D eigenvalue weighted by molar-refractivity contribution is 0.0950. The third-order valence-corrected chi connectivity index (χ3v) is 3.08. The van der Waals surface area contributed by atoms with Gasteiger partial charge in [0.2, 0.25) is 0 Å². The molecule has 0 saturated heterocycles. The van der Waals surface area contributed by atoms with Crippen LogP contribution in [0.5, 0.6) is 0 Å². The Hall–Kier alpha value is -2.43. The van der Waals surface area contributed by atoms with Gasteiger partial charge < -0.3 is 4.98 Å². The molecule has 21 heavy (non-hydrogen) atoms. The molecule has 0 aliphatic rings. The van der Waals surface area contributed by atoms with Gasteiger partial charge in [0.25, 0.3) is 5.91 Å². The Labute approximate surface area is 123 Å². The van der Waals surface area contributed by atoms with Gasteiger partial charge in [-0.1, -0.05) is 25.5 Å². The highest BCUT2D eigenvalue weighted by Crippen LogP contribution is 2.09. The second-order valence-electron chi connectivity index (χ2n) is 4.69. The van der Waals surface area contributed by atoms with Crippen molar-refractivity contribution >= 4 is 11.6 Å². The second-order valence-corrected chi connectivity index (χ2v) is 4.69. The fraction of sp³-hybridized carbons (Fsp3) is 0.250. The largest absolute Gasteiger partial charge is 0.357 e. The minimum Gasteiger partial charge on any atom is -0.357 e. The molecule has 110 valence electrons. The van der Waals surface area contributed by atoms with Crippen LogP contribution in [-0.4, -0.2) is 16.6 Å². The molecule has 0 unspecified atom stereocenters. The van der Waals surface area contributed by atoms with Crippen LogP contribution in [-0.2, 0) is 0 Å². The van der Waals surface area contributed by atoms with Gasteiger partial charge in [-0.05, 0) is 42.7 Å². The van der Waals surface area contributed by atoms with Gasteiger partial charge in [0.1, 0.15) is 11.5 Å². The number of unbranched alkanes of at least 4 members (excludes halogenated alkanes) is 1. The molecule has 4 nitrogen and oxygen atoms in total. The average Bonchev–Trinajstić information content (AvgIpc) is 3.03. The number of amides is 1. The van der Waals surface area contributed by atoms with Crippen molar-refractivity contribution in [2.24, 2.45) is 5.10 Å². The van der Waals surface area contributed by atoms with Crippen LogP contribution in [0, 0.1) is 5.82 Å². The van der Waals surface area contributed by atoms with Crippen molar-refractivity contribution in [1.82, 2.24) is 10.4 Å². The SMILES string of the molecule is CCCC/C(=N/NC(=O)c1ccc[nH]1)c1ccc(F)cc1. The van der Waals surface area contributed by atoms with E-state index in [2.05, 4.69) is 22.4 Å². The van der Waals surface area contributed by atoms with Crippen LogP contribution in [0.15, 0.2) is 47.7 Å². The number of hydrogen-bond donors (Lipinski definition) is 2. The maximum absolute atomic E-state index is 13.0. The molecule has 0 spiro atoms. The smallest absolute Gasteiger partial charge is 0.287 e. The van der Waals surface area contributed by atoms with E-state index < -0.39 is 0 Å². The summed E-state index contributed by atoms with van der Waals surface area (Å²) in [6, 6.07) is 9.55. The number of carbonyl (C=O) groups is 1. The van der Waals surface area contributed by atoms with Gasteiger partial charge in [0.15, 0.2) is 0 Å². The van der Waals surface area contributed by atoms with Crippen LogP contribution in [0.2, 0.25) is 0 Å². The molecule has 0 atom stereocenters. The van der Waals surface area contributed by atoms with Gasteiger partial charge in [0.05, 0.1) is 5.71 Å². The minimum absolute atomic E-state index is 0.288. The molecule has 1 aromatic carbocycles. The molecule has 0 aliphatic carbocycles. The molecule has 2 rings (SSSR count). The summed E-state index contributed by atoms with van der Waals surface area (Å²) in [7, 11) is 0. The number of nitrogens with one attached hydrogen (secondary N) is 2. The summed E-state index contributed by atoms with van der Waals surface area (Å²) in [5.74, 6) is -0.583. The van der Waals surface area contributed by atoms with Gasteiger partial charge in [0, 0.05) is 6.20 Å². The number of H-pyrrole nitrogens is 1. The summed E-state index contributed by atoms with van der Waals surface area (Å²) in [4.78, 5) is 14.7. The molecule has 1 heterocycles. The topological polar surface area (TPSA) is 57.2 Å². The number of nitrogens with zero attached hydrogens (tertiary/aromatic N) is 1. The van der Waals surface area contributed by atoms with Crippen molar-refractivity contribution in [3.63, 3.8) is 0 Å². The number of rotatable bonds is 6. The molecule has 0 saturated carbocycles. The third kappa shape index (κ3) is 4.27. The summed E-state index contributed by atoms with van der Waals surface area (Å²) in [5.41, 5.74) is 4.55. The predicted octanol–water partition coefficient (Wildman–Crippen LogP) is 3.48. The molecule has 0 bridgehead atoms. The highest BCUT2D eigenvalue weighted by atomic mass is 19.1. The van der Waals surface area contributed by atoms with Gasteiger partial charge >= 0.3 is 0 Å². The fourth-order valence-electron chi connectivity index (χ4n) is 1.90. The number of benzene rings is 1. The standard InChI is InChI=1S/C16H18FN3O/c1-2-3-5-14(12-7-9-13(17)10-8-12)19-20-16(21)15-6-4-11-18-15/h4,6-11,18H,2-3,5H2,1H3,(H,20,21)/b19-14-. The van der Waals surface area contributed by atoms with Gasteiger partial charge in [-0.25, -0.2) is 9.82 Å². The zero-order chi connectivity index (χ0) is 15.1. The Bertz CT molecular complexity index is 603. The molecule has 0 radical (unpaired) electrons. The van der Waals surface area contributed by atoms with Crippen molar-refractivity contribution in [3.8, 4) is 0 Å². The van der Waals surface area contributed by atoms with E-state index >= 15 is 0 Å². The third-order valence-electron chi connectivity index (χ3n) is 3.08. The molecule has 1 amide bonds. The van der Waals surface area contributed by atoms with Crippen LogP contribution >= 0.6 is 0 Å².